The topological polar surface area (TPSA) is 27.7 Å². The van der Waals surface area contributed by atoms with Crippen LogP contribution in [0.1, 0.15) is 26.7 Å². The maximum atomic E-state index is 5.81. The van der Waals surface area contributed by atoms with Crippen LogP contribution in [0.5, 0.6) is 0 Å². The highest BCUT2D eigenvalue weighted by molar-refractivity contribution is 4.95. The Kier molecular flexibility index (Phi) is 1.77. The molecule has 3 aliphatic heterocycles. The molecule has 0 unspecified atom stereocenters. The average Bonchev–Trinajstić information content (AvgIpc) is 3.04. The van der Waals surface area contributed by atoms with Gasteiger partial charge in [-0.3, -0.25) is 0 Å². The van der Waals surface area contributed by atoms with Gasteiger partial charge < -0.3 is 14.2 Å². The van der Waals surface area contributed by atoms with E-state index in [9.17, 15) is 0 Å². The van der Waals surface area contributed by atoms with Crippen LogP contribution in [0, 0.1) is 17.3 Å². The van der Waals surface area contributed by atoms with Gasteiger partial charge in [-0.25, -0.2) is 0 Å². The molecule has 4 fully saturated rings. The highest BCUT2D eigenvalue weighted by atomic mass is 16.9. The summed E-state index contributed by atoms with van der Waals surface area (Å²) in [7, 11) is 0. The fraction of sp³-hybridized carbons (Fsp3) is 1.00. The molecule has 0 aromatic heterocycles. The third-order valence-electron chi connectivity index (χ3n) is 3.98. The van der Waals surface area contributed by atoms with E-state index in [2.05, 4.69) is 13.8 Å². The number of hydrogen-bond donors (Lipinski definition) is 0. The van der Waals surface area contributed by atoms with Crippen LogP contribution >= 0.6 is 0 Å². The average molecular weight is 198 g/mol. The molecule has 0 amide bonds. The van der Waals surface area contributed by atoms with Crippen molar-refractivity contribution in [2.75, 3.05) is 19.8 Å². The van der Waals surface area contributed by atoms with Crippen molar-refractivity contribution in [2.45, 2.75) is 32.7 Å². The van der Waals surface area contributed by atoms with Crippen molar-refractivity contribution in [3.8, 4) is 0 Å². The molecule has 0 atom stereocenters. The number of ether oxygens (including phenoxy) is 3. The fourth-order valence-corrected chi connectivity index (χ4v) is 2.27. The second kappa shape index (κ2) is 2.71. The van der Waals surface area contributed by atoms with E-state index in [4.69, 9.17) is 14.2 Å². The monoisotopic (exact) mass is 198 g/mol. The van der Waals surface area contributed by atoms with Crippen molar-refractivity contribution < 1.29 is 14.2 Å². The summed E-state index contributed by atoms with van der Waals surface area (Å²) >= 11 is 0. The predicted molar refractivity (Wildman–Crippen MR) is 50.6 cm³/mol. The molecule has 4 aliphatic rings. The van der Waals surface area contributed by atoms with E-state index in [0.29, 0.717) is 11.8 Å². The largest absolute Gasteiger partial charge is 0.326 e. The van der Waals surface area contributed by atoms with Crippen LogP contribution in [0.25, 0.3) is 0 Å². The first-order valence-electron chi connectivity index (χ1n) is 5.59. The Morgan fingerprint density at radius 1 is 1.00 bits per heavy atom. The van der Waals surface area contributed by atoms with Crippen molar-refractivity contribution in [3.63, 3.8) is 0 Å². The Balaban J connectivity index is 1.78. The Bertz CT molecular complexity index is 202. The molecule has 1 aliphatic carbocycles. The molecule has 4 rings (SSSR count). The van der Waals surface area contributed by atoms with E-state index in [1.54, 1.807) is 0 Å². The molecular weight excluding hydrogens is 180 g/mol. The van der Waals surface area contributed by atoms with Gasteiger partial charge in [0.1, 0.15) is 0 Å². The maximum absolute atomic E-state index is 5.81. The molecule has 3 heterocycles. The summed E-state index contributed by atoms with van der Waals surface area (Å²) in [5, 5.41) is 0. The third-order valence-corrected chi connectivity index (χ3v) is 3.98. The molecule has 1 saturated carbocycles. The highest BCUT2D eigenvalue weighted by Crippen LogP contribution is 2.52. The van der Waals surface area contributed by atoms with E-state index < -0.39 is 5.97 Å². The quantitative estimate of drug-likeness (QED) is 0.676. The summed E-state index contributed by atoms with van der Waals surface area (Å²) in [5.41, 5.74) is 0.108. The summed E-state index contributed by atoms with van der Waals surface area (Å²) in [6.07, 6.45) is 2.38. The van der Waals surface area contributed by atoms with Crippen LogP contribution in [0.3, 0.4) is 0 Å². The van der Waals surface area contributed by atoms with Crippen molar-refractivity contribution in [1.29, 1.82) is 0 Å². The second-order valence-electron chi connectivity index (χ2n) is 5.26. The molecule has 80 valence electrons. The van der Waals surface area contributed by atoms with Gasteiger partial charge in [0.05, 0.1) is 19.8 Å². The molecule has 0 radical (unpaired) electrons. The van der Waals surface area contributed by atoms with Crippen molar-refractivity contribution >= 4 is 0 Å². The van der Waals surface area contributed by atoms with Crippen molar-refractivity contribution in [1.82, 2.24) is 0 Å². The Morgan fingerprint density at radius 3 is 1.86 bits per heavy atom. The van der Waals surface area contributed by atoms with E-state index in [0.717, 1.165) is 19.8 Å². The molecule has 3 heteroatoms. The van der Waals surface area contributed by atoms with Gasteiger partial charge in [-0.1, -0.05) is 13.8 Å². The zero-order valence-corrected chi connectivity index (χ0v) is 8.91. The molecule has 0 spiro atoms. The summed E-state index contributed by atoms with van der Waals surface area (Å²) in [6, 6.07) is 0. The number of hydrogen-bond acceptors (Lipinski definition) is 3. The van der Waals surface area contributed by atoms with Gasteiger partial charge in [-0.2, -0.15) is 0 Å². The standard InChI is InChI=1S/C11H18O3/c1-8(2)10-5-12-11(13-6-10,14-7-10)9-3-4-9/h8-9H,3-7H2,1-2H3. The molecule has 0 aromatic carbocycles. The Hall–Kier alpha value is -0.120. The van der Waals surface area contributed by atoms with Crippen LogP contribution in [0.4, 0.5) is 0 Å². The van der Waals surface area contributed by atoms with Crippen LogP contribution in [-0.4, -0.2) is 25.8 Å². The first-order valence-corrected chi connectivity index (χ1v) is 5.59. The highest BCUT2D eigenvalue weighted by Gasteiger charge is 2.60. The summed E-state index contributed by atoms with van der Waals surface area (Å²) in [4.78, 5) is 0. The van der Waals surface area contributed by atoms with Gasteiger partial charge in [0, 0.05) is 11.3 Å². The first-order chi connectivity index (χ1) is 6.67. The summed E-state index contributed by atoms with van der Waals surface area (Å²) in [6.45, 7) is 6.85. The van der Waals surface area contributed by atoms with E-state index in [-0.39, 0.29) is 5.41 Å². The lowest BCUT2D eigenvalue weighted by Gasteiger charge is -2.53. The SMILES string of the molecule is CC(C)C12COC(C3CC3)(OC1)OC2. The normalized spacial score (nSPS) is 47.4. The zero-order chi connectivity index (χ0) is 9.81. The van der Waals surface area contributed by atoms with Crippen LogP contribution in [0.15, 0.2) is 0 Å². The maximum Gasteiger partial charge on any atom is 0.285 e. The van der Waals surface area contributed by atoms with Gasteiger partial charge >= 0.3 is 0 Å². The minimum absolute atomic E-state index is 0.108. The second-order valence-corrected chi connectivity index (χ2v) is 5.26. The molecule has 0 N–H and O–H groups in total. The lowest BCUT2D eigenvalue weighted by molar-refractivity contribution is -0.480. The molecule has 3 saturated heterocycles. The minimum atomic E-state index is -0.642. The van der Waals surface area contributed by atoms with Gasteiger partial charge in [-0.05, 0) is 18.8 Å². The van der Waals surface area contributed by atoms with E-state index in [1.165, 1.54) is 12.8 Å². The van der Waals surface area contributed by atoms with Crippen LogP contribution in [-0.2, 0) is 14.2 Å². The molecular formula is C11H18O3. The van der Waals surface area contributed by atoms with E-state index in [1.807, 2.05) is 0 Å². The number of fused-ring (bicyclic) bond motifs is 3. The molecule has 2 bridgehead atoms. The Morgan fingerprint density at radius 2 is 1.50 bits per heavy atom. The molecule has 3 nitrogen and oxygen atoms in total. The van der Waals surface area contributed by atoms with Gasteiger partial charge in [-0.15, -0.1) is 0 Å². The van der Waals surface area contributed by atoms with Crippen molar-refractivity contribution in [3.05, 3.63) is 0 Å². The predicted octanol–water partition coefficient (Wildman–Crippen LogP) is 1.77. The van der Waals surface area contributed by atoms with E-state index >= 15 is 0 Å². The Labute approximate surface area is 84.7 Å². The van der Waals surface area contributed by atoms with Gasteiger partial charge in [0.25, 0.3) is 5.97 Å². The minimum Gasteiger partial charge on any atom is -0.326 e. The molecule has 0 aromatic rings. The lowest BCUT2D eigenvalue weighted by atomic mass is 9.77. The third kappa shape index (κ3) is 1.09. The fourth-order valence-electron chi connectivity index (χ4n) is 2.27. The van der Waals surface area contributed by atoms with Crippen LogP contribution in [0.2, 0.25) is 0 Å². The summed E-state index contributed by atoms with van der Waals surface area (Å²) < 4.78 is 17.4. The lowest BCUT2D eigenvalue weighted by Crippen LogP contribution is -2.62. The zero-order valence-electron chi connectivity index (χ0n) is 8.91. The van der Waals surface area contributed by atoms with Gasteiger partial charge in [0.2, 0.25) is 0 Å². The molecule has 14 heavy (non-hydrogen) atoms. The number of rotatable bonds is 2. The van der Waals surface area contributed by atoms with Crippen LogP contribution < -0.4 is 0 Å². The smallest absolute Gasteiger partial charge is 0.285 e. The first kappa shape index (κ1) is 9.13. The summed E-state index contributed by atoms with van der Waals surface area (Å²) in [5.74, 6) is 0.407. The van der Waals surface area contributed by atoms with Gasteiger partial charge in [0.15, 0.2) is 0 Å². The van der Waals surface area contributed by atoms with Crippen molar-refractivity contribution in [2.24, 2.45) is 17.3 Å².